The lowest BCUT2D eigenvalue weighted by atomic mass is 10.1. The fraction of sp³-hybridized carbons (Fsp3) is 0.200. The summed E-state index contributed by atoms with van der Waals surface area (Å²) in [6.07, 6.45) is 2.74. The first-order valence-electron chi connectivity index (χ1n) is 8.51. The number of rotatable bonds is 5. The van der Waals surface area contributed by atoms with E-state index in [0.29, 0.717) is 27.9 Å². The highest BCUT2D eigenvalue weighted by Gasteiger charge is 2.22. The third-order valence-corrected chi connectivity index (χ3v) is 5.31. The number of thiophene rings is 1. The van der Waals surface area contributed by atoms with Crippen LogP contribution in [0, 0.1) is 11.3 Å². The number of nitrogens with zero attached hydrogens (tertiary/aromatic N) is 3. The molecular weight excluding hydrogens is 362 g/mol. The first-order chi connectivity index (χ1) is 13.1. The number of carboxylic acid groups (broad SMARTS) is 1. The lowest BCUT2D eigenvalue weighted by molar-refractivity contribution is -0.136. The van der Waals surface area contributed by atoms with Gasteiger partial charge in [0.1, 0.15) is 16.7 Å². The van der Waals surface area contributed by atoms with Crippen LogP contribution in [-0.4, -0.2) is 21.0 Å². The molecule has 3 aromatic rings. The largest absolute Gasteiger partial charge is 0.481 e. The SMILES string of the molecule is N#Cc1ccc(-c2nc3c(c(Oc4ccc(CC(=O)O)cc4)n2)CCC3)s1. The maximum atomic E-state index is 10.8. The van der Waals surface area contributed by atoms with Gasteiger partial charge in [-0.25, -0.2) is 4.98 Å². The van der Waals surface area contributed by atoms with Crippen molar-refractivity contribution in [3.05, 3.63) is 58.1 Å². The monoisotopic (exact) mass is 377 g/mol. The summed E-state index contributed by atoms with van der Waals surface area (Å²) < 4.78 is 6.02. The number of hydrogen-bond donors (Lipinski definition) is 1. The molecule has 2 aromatic heterocycles. The van der Waals surface area contributed by atoms with Crippen LogP contribution < -0.4 is 4.74 Å². The molecule has 0 aliphatic heterocycles. The molecule has 7 heteroatoms. The Bertz CT molecular complexity index is 1050. The Labute approximate surface area is 159 Å². The fourth-order valence-corrected chi connectivity index (χ4v) is 3.81. The maximum Gasteiger partial charge on any atom is 0.307 e. The van der Waals surface area contributed by atoms with E-state index in [-0.39, 0.29) is 6.42 Å². The Morgan fingerprint density at radius 3 is 2.70 bits per heavy atom. The fourth-order valence-electron chi connectivity index (χ4n) is 3.07. The standard InChI is InChI=1S/C20H15N3O3S/c21-11-14-8-9-17(27-14)19-22-16-3-1-2-15(16)20(23-19)26-13-6-4-12(5-7-13)10-18(24)25/h4-9H,1-3,10H2,(H,24,25). The molecule has 134 valence electrons. The average Bonchev–Trinajstić information content (AvgIpc) is 3.32. The van der Waals surface area contributed by atoms with Gasteiger partial charge in [0, 0.05) is 5.56 Å². The van der Waals surface area contributed by atoms with Gasteiger partial charge in [0.05, 0.1) is 17.0 Å². The number of aliphatic carboxylic acids is 1. The molecule has 0 spiro atoms. The molecule has 2 heterocycles. The van der Waals surface area contributed by atoms with Gasteiger partial charge in [-0.2, -0.15) is 10.2 Å². The van der Waals surface area contributed by atoms with E-state index in [1.54, 1.807) is 30.3 Å². The Morgan fingerprint density at radius 2 is 2.00 bits per heavy atom. The van der Waals surface area contributed by atoms with Crippen LogP contribution >= 0.6 is 11.3 Å². The summed E-state index contributed by atoms with van der Waals surface area (Å²) in [6, 6.07) is 12.7. The van der Waals surface area contributed by atoms with Gasteiger partial charge in [-0.3, -0.25) is 4.79 Å². The van der Waals surface area contributed by atoms with Crippen LogP contribution in [0.4, 0.5) is 0 Å². The molecule has 0 fully saturated rings. The first kappa shape index (κ1) is 17.2. The molecule has 6 nitrogen and oxygen atoms in total. The second-order valence-electron chi connectivity index (χ2n) is 6.22. The van der Waals surface area contributed by atoms with Gasteiger partial charge in [0.2, 0.25) is 5.88 Å². The predicted octanol–water partition coefficient (Wildman–Crippen LogP) is 3.98. The molecule has 1 N–H and O–H groups in total. The van der Waals surface area contributed by atoms with E-state index in [2.05, 4.69) is 16.0 Å². The van der Waals surface area contributed by atoms with E-state index in [1.807, 2.05) is 6.07 Å². The van der Waals surface area contributed by atoms with E-state index in [0.717, 1.165) is 35.4 Å². The molecule has 0 bridgehead atoms. The van der Waals surface area contributed by atoms with Gasteiger partial charge < -0.3 is 9.84 Å². The lowest BCUT2D eigenvalue weighted by Gasteiger charge is -2.11. The number of fused-ring (bicyclic) bond motifs is 1. The number of aromatic nitrogens is 2. The van der Waals surface area contributed by atoms with Gasteiger partial charge >= 0.3 is 5.97 Å². The van der Waals surface area contributed by atoms with Crippen molar-refractivity contribution in [1.29, 1.82) is 5.26 Å². The molecule has 0 amide bonds. The van der Waals surface area contributed by atoms with Crippen molar-refractivity contribution < 1.29 is 14.6 Å². The van der Waals surface area contributed by atoms with Crippen LogP contribution in [0.5, 0.6) is 11.6 Å². The van der Waals surface area contributed by atoms with Crippen molar-refractivity contribution in [2.75, 3.05) is 0 Å². The minimum absolute atomic E-state index is 0.0209. The summed E-state index contributed by atoms with van der Waals surface area (Å²) in [5.41, 5.74) is 2.72. The summed E-state index contributed by atoms with van der Waals surface area (Å²) >= 11 is 1.36. The summed E-state index contributed by atoms with van der Waals surface area (Å²) in [6.45, 7) is 0. The molecule has 0 unspecified atom stereocenters. The predicted molar refractivity (Wildman–Crippen MR) is 99.9 cm³/mol. The van der Waals surface area contributed by atoms with Crippen LogP contribution in [0.15, 0.2) is 36.4 Å². The van der Waals surface area contributed by atoms with Crippen molar-refractivity contribution in [3.8, 4) is 28.4 Å². The molecular formula is C20H15N3O3S. The van der Waals surface area contributed by atoms with Gasteiger partial charge in [-0.15, -0.1) is 11.3 Å². The van der Waals surface area contributed by atoms with Crippen molar-refractivity contribution in [2.45, 2.75) is 25.7 Å². The molecule has 0 radical (unpaired) electrons. The third kappa shape index (κ3) is 3.66. The molecule has 0 atom stereocenters. The molecule has 1 aliphatic rings. The summed E-state index contributed by atoms with van der Waals surface area (Å²) in [7, 11) is 0. The lowest BCUT2D eigenvalue weighted by Crippen LogP contribution is -2.01. The summed E-state index contributed by atoms with van der Waals surface area (Å²) in [5.74, 6) is 0.839. The van der Waals surface area contributed by atoms with Crippen molar-refractivity contribution in [3.63, 3.8) is 0 Å². The second-order valence-corrected chi connectivity index (χ2v) is 7.31. The second kappa shape index (κ2) is 7.17. The Hall–Kier alpha value is -3.24. The smallest absolute Gasteiger partial charge is 0.307 e. The zero-order valence-electron chi connectivity index (χ0n) is 14.3. The summed E-state index contributed by atoms with van der Waals surface area (Å²) in [5, 5.41) is 17.9. The molecule has 1 aromatic carbocycles. The van der Waals surface area contributed by atoms with Crippen LogP contribution in [-0.2, 0) is 24.1 Å². The minimum atomic E-state index is -0.866. The van der Waals surface area contributed by atoms with Gasteiger partial charge in [-0.1, -0.05) is 12.1 Å². The number of benzene rings is 1. The zero-order chi connectivity index (χ0) is 18.8. The molecule has 1 aliphatic carbocycles. The van der Waals surface area contributed by atoms with Crippen LogP contribution in [0.25, 0.3) is 10.7 Å². The first-order valence-corrected chi connectivity index (χ1v) is 9.33. The number of ether oxygens (including phenoxy) is 1. The quantitative estimate of drug-likeness (QED) is 0.722. The molecule has 0 saturated carbocycles. The highest BCUT2D eigenvalue weighted by molar-refractivity contribution is 7.15. The number of carboxylic acids is 1. The number of hydrogen-bond acceptors (Lipinski definition) is 6. The van der Waals surface area contributed by atoms with Crippen LogP contribution in [0.3, 0.4) is 0 Å². The highest BCUT2D eigenvalue weighted by atomic mass is 32.1. The van der Waals surface area contributed by atoms with Crippen LogP contribution in [0.2, 0.25) is 0 Å². The molecule has 0 saturated heterocycles. The Kier molecular flexibility index (Phi) is 4.57. The van der Waals surface area contributed by atoms with Gasteiger partial charge in [0.25, 0.3) is 0 Å². The van der Waals surface area contributed by atoms with Crippen LogP contribution in [0.1, 0.15) is 28.1 Å². The van der Waals surface area contributed by atoms with Gasteiger partial charge in [-0.05, 0) is 49.1 Å². The van der Waals surface area contributed by atoms with E-state index < -0.39 is 5.97 Å². The number of carbonyl (C=O) groups is 1. The maximum absolute atomic E-state index is 10.8. The van der Waals surface area contributed by atoms with Crippen molar-refractivity contribution in [1.82, 2.24) is 9.97 Å². The topological polar surface area (TPSA) is 96.1 Å². The molecule has 27 heavy (non-hydrogen) atoms. The van der Waals surface area contributed by atoms with E-state index in [9.17, 15) is 4.79 Å². The van der Waals surface area contributed by atoms with Crippen molar-refractivity contribution >= 4 is 17.3 Å². The van der Waals surface area contributed by atoms with E-state index >= 15 is 0 Å². The third-order valence-electron chi connectivity index (χ3n) is 4.32. The van der Waals surface area contributed by atoms with E-state index in [1.165, 1.54) is 11.3 Å². The Morgan fingerprint density at radius 1 is 1.19 bits per heavy atom. The normalized spacial score (nSPS) is 12.4. The average molecular weight is 377 g/mol. The minimum Gasteiger partial charge on any atom is -0.481 e. The van der Waals surface area contributed by atoms with E-state index in [4.69, 9.17) is 15.1 Å². The summed E-state index contributed by atoms with van der Waals surface area (Å²) in [4.78, 5) is 21.5. The molecule has 4 rings (SSSR count). The number of aryl methyl sites for hydroxylation is 1. The Balaban J connectivity index is 1.66. The highest BCUT2D eigenvalue weighted by Crippen LogP contribution is 2.35. The number of nitriles is 1. The zero-order valence-corrected chi connectivity index (χ0v) is 15.1. The van der Waals surface area contributed by atoms with Gasteiger partial charge in [0.15, 0.2) is 5.82 Å². The van der Waals surface area contributed by atoms with Crippen molar-refractivity contribution in [2.24, 2.45) is 0 Å².